The summed E-state index contributed by atoms with van der Waals surface area (Å²) >= 11 is 0. The van der Waals surface area contributed by atoms with Gasteiger partial charge in [0.05, 0.1) is 25.3 Å². The molecule has 1 aliphatic heterocycles. The van der Waals surface area contributed by atoms with Crippen molar-refractivity contribution in [2.45, 2.75) is 26.3 Å². The van der Waals surface area contributed by atoms with Crippen molar-refractivity contribution < 1.29 is 10.1 Å². The molecule has 0 amide bonds. The minimum Gasteiger partial charge on any atom is -0.411 e. The summed E-state index contributed by atoms with van der Waals surface area (Å²) in [6, 6.07) is 0.595. The van der Waals surface area contributed by atoms with Gasteiger partial charge in [-0.3, -0.25) is 0 Å². The lowest BCUT2D eigenvalue weighted by Gasteiger charge is -2.30. The first kappa shape index (κ1) is 8.53. The van der Waals surface area contributed by atoms with Gasteiger partial charge in [0.2, 0.25) is 0 Å². The molecule has 3 atom stereocenters. The van der Waals surface area contributed by atoms with Crippen LogP contribution < -0.4 is 4.90 Å². The van der Waals surface area contributed by atoms with Gasteiger partial charge >= 0.3 is 0 Å². The van der Waals surface area contributed by atoms with Gasteiger partial charge in [0, 0.05) is 12.3 Å². The van der Waals surface area contributed by atoms with Crippen LogP contribution in [0.25, 0.3) is 0 Å². The number of oxime groups is 1. The van der Waals surface area contributed by atoms with E-state index in [9.17, 15) is 0 Å². The number of likely N-dealkylation sites (tertiary alicyclic amines) is 1. The van der Waals surface area contributed by atoms with Crippen molar-refractivity contribution in [1.82, 2.24) is 0 Å². The van der Waals surface area contributed by atoms with Crippen LogP contribution in [0, 0.1) is 5.92 Å². The zero-order chi connectivity index (χ0) is 8.43. The Balaban J connectivity index is 2.62. The summed E-state index contributed by atoms with van der Waals surface area (Å²) in [5, 5.41) is 12.0. The molecule has 2 N–H and O–H groups in total. The van der Waals surface area contributed by atoms with Crippen molar-refractivity contribution >= 4 is 5.71 Å². The van der Waals surface area contributed by atoms with Gasteiger partial charge in [-0.1, -0.05) is 12.1 Å². The lowest BCUT2D eigenvalue weighted by molar-refractivity contribution is -0.908. The second-order valence-electron chi connectivity index (χ2n) is 3.65. The zero-order valence-electron chi connectivity index (χ0n) is 7.46. The zero-order valence-corrected chi connectivity index (χ0v) is 7.46. The van der Waals surface area contributed by atoms with E-state index in [0.29, 0.717) is 12.0 Å². The molecule has 1 saturated heterocycles. The fourth-order valence-corrected chi connectivity index (χ4v) is 1.63. The van der Waals surface area contributed by atoms with Gasteiger partial charge in [-0.15, -0.1) is 0 Å². The Morgan fingerprint density at radius 2 is 2.18 bits per heavy atom. The minimum atomic E-state index is 0.441. The van der Waals surface area contributed by atoms with Crippen molar-refractivity contribution in [2.75, 3.05) is 13.6 Å². The van der Waals surface area contributed by atoms with Crippen LogP contribution in [0.2, 0.25) is 0 Å². The lowest BCUT2D eigenvalue weighted by atomic mass is 9.93. The third-order valence-electron chi connectivity index (χ3n) is 2.68. The largest absolute Gasteiger partial charge is 0.411 e. The Morgan fingerprint density at radius 3 is 2.73 bits per heavy atom. The summed E-state index contributed by atoms with van der Waals surface area (Å²) in [7, 11) is 2.19. The summed E-state index contributed by atoms with van der Waals surface area (Å²) in [4.78, 5) is 1.53. The number of nitrogens with zero attached hydrogens (tertiary/aromatic N) is 1. The Labute approximate surface area is 67.7 Å². The highest BCUT2D eigenvalue weighted by Crippen LogP contribution is 2.06. The van der Waals surface area contributed by atoms with Gasteiger partial charge in [-0.25, -0.2) is 0 Å². The molecule has 1 rings (SSSR count). The molecule has 0 aromatic heterocycles. The van der Waals surface area contributed by atoms with E-state index < -0.39 is 0 Å². The van der Waals surface area contributed by atoms with Crippen LogP contribution in [-0.4, -0.2) is 30.6 Å². The van der Waals surface area contributed by atoms with Crippen LogP contribution >= 0.6 is 0 Å². The first-order chi connectivity index (χ1) is 5.15. The quantitative estimate of drug-likeness (QED) is 0.369. The minimum absolute atomic E-state index is 0.441. The normalized spacial score (nSPS) is 42.8. The molecule has 1 unspecified atom stereocenters. The average molecular weight is 157 g/mol. The molecule has 0 aromatic carbocycles. The molecule has 0 bridgehead atoms. The molecule has 0 aliphatic carbocycles. The highest BCUT2D eigenvalue weighted by molar-refractivity contribution is 5.86. The topological polar surface area (TPSA) is 37.0 Å². The van der Waals surface area contributed by atoms with E-state index >= 15 is 0 Å². The first-order valence-corrected chi connectivity index (χ1v) is 4.18. The van der Waals surface area contributed by atoms with E-state index in [4.69, 9.17) is 5.21 Å². The van der Waals surface area contributed by atoms with Crippen molar-refractivity contribution in [1.29, 1.82) is 0 Å². The summed E-state index contributed by atoms with van der Waals surface area (Å²) in [6.45, 7) is 5.39. The molecule has 3 nitrogen and oxygen atoms in total. The number of piperidine rings is 1. The fourth-order valence-electron chi connectivity index (χ4n) is 1.63. The molecule has 11 heavy (non-hydrogen) atoms. The van der Waals surface area contributed by atoms with Gasteiger partial charge < -0.3 is 10.1 Å². The molecule has 0 radical (unpaired) electrons. The predicted molar refractivity (Wildman–Crippen MR) is 44.2 cm³/mol. The molecule has 0 spiro atoms. The van der Waals surface area contributed by atoms with Crippen molar-refractivity contribution in [3.8, 4) is 0 Å². The van der Waals surface area contributed by atoms with E-state index in [1.54, 1.807) is 0 Å². The number of nitrogens with one attached hydrogen (secondary N) is 1. The number of quaternary nitrogens is 1. The fraction of sp³-hybridized carbons (Fsp3) is 0.875. The monoisotopic (exact) mass is 157 g/mol. The second-order valence-corrected chi connectivity index (χ2v) is 3.65. The average Bonchev–Trinajstić information content (AvgIpc) is 1.97. The summed E-state index contributed by atoms with van der Waals surface area (Å²) in [5.74, 6) is 0.441. The van der Waals surface area contributed by atoms with Crippen LogP contribution in [0.4, 0.5) is 0 Å². The molecule has 3 heteroatoms. The number of rotatable bonds is 0. The third kappa shape index (κ3) is 1.71. The molecular formula is C8H17N2O+. The van der Waals surface area contributed by atoms with Crippen LogP contribution in [-0.2, 0) is 0 Å². The van der Waals surface area contributed by atoms with Crippen LogP contribution in [0.3, 0.4) is 0 Å². The summed E-state index contributed by atoms with van der Waals surface area (Å²) in [6.07, 6.45) is 0.934. The van der Waals surface area contributed by atoms with Gasteiger partial charge in [0.25, 0.3) is 0 Å². The summed E-state index contributed by atoms with van der Waals surface area (Å²) < 4.78 is 0. The number of hydrogen-bond acceptors (Lipinski definition) is 2. The standard InChI is InChI=1S/C8H16N2O/c1-6-5-10(3)7(2)4-8(6)9-11/h6-7,11H,4-5H2,1-3H3/p+1/b9-8+/t6-,7-/m1/s1. The molecule has 64 valence electrons. The molecular weight excluding hydrogens is 140 g/mol. The third-order valence-corrected chi connectivity index (χ3v) is 2.68. The molecule has 0 saturated carbocycles. The lowest BCUT2D eigenvalue weighted by Crippen LogP contribution is -3.14. The Hall–Kier alpha value is -0.570. The van der Waals surface area contributed by atoms with Crippen LogP contribution in [0.5, 0.6) is 0 Å². The van der Waals surface area contributed by atoms with E-state index in [-0.39, 0.29) is 0 Å². The van der Waals surface area contributed by atoms with E-state index in [1.165, 1.54) is 4.90 Å². The Kier molecular flexibility index (Phi) is 2.49. The maximum absolute atomic E-state index is 8.64. The van der Waals surface area contributed by atoms with Gasteiger partial charge in [-0.05, 0) is 6.92 Å². The maximum Gasteiger partial charge on any atom is 0.0898 e. The Morgan fingerprint density at radius 1 is 1.55 bits per heavy atom. The molecule has 1 aliphatic rings. The van der Waals surface area contributed by atoms with Gasteiger partial charge in [0.1, 0.15) is 0 Å². The summed E-state index contributed by atoms with van der Waals surface area (Å²) in [5.41, 5.74) is 0.961. The van der Waals surface area contributed by atoms with Crippen LogP contribution in [0.1, 0.15) is 20.3 Å². The smallest absolute Gasteiger partial charge is 0.0898 e. The van der Waals surface area contributed by atoms with Gasteiger partial charge in [-0.2, -0.15) is 0 Å². The van der Waals surface area contributed by atoms with Crippen molar-refractivity contribution in [3.05, 3.63) is 0 Å². The highest BCUT2D eigenvalue weighted by atomic mass is 16.4. The van der Waals surface area contributed by atoms with Crippen molar-refractivity contribution in [3.63, 3.8) is 0 Å². The van der Waals surface area contributed by atoms with E-state index in [0.717, 1.165) is 18.7 Å². The second kappa shape index (κ2) is 3.22. The van der Waals surface area contributed by atoms with Crippen molar-refractivity contribution in [2.24, 2.45) is 11.1 Å². The first-order valence-electron chi connectivity index (χ1n) is 4.18. The van der Waals surface area contributed by atoms with Gasteiger partial charge in [0.15, 0.2) is 0 Å². The van der Waals surface area contributed by atoms with Crippen LogP contribution in [0.15, 0.2) is 5.16 Å². The number of hydrogen-bond donors (Lipinski definition) is 2. The maximum atomic E-state index is 8.64. The molecule has 1 heterocycles. The van der Waals surface area contributed by atoms with E-state index in [2.05, 4.69) is 26.1 Å². The predicted octanol–water partition coefficient (Wildman–Crippen LogP) is -0.240. The SMILES string of the molecule is C[C@@H]1C[NH+](C)[C@H](C)C/C1=N\O. The highest BCUT2D eigenvalue weighted by Gasteiger charge is 2.28. The molecule has 0 aromatic rings. The molecule has 1 fully saturated rings. The van der Waals surface area contributed by atoms with E-state index in [1.807, 2.05) is 0 Å². The Bertz CT molecular complexity index is 167.